The summed E-state index contributed by atoms with van der Waals surface area (Å²) in [5.41, 5.74) is 0. The molecule has 82 valence electrons. The van der Waals surface area contributed by atoms with Crippen LogP contribution in [0.1, 0.15) is 9.67 Å². The van der Waals surface area contributed by atoms with Gasteiger partial charge in [0.05, 0.1) is 6.20 Å². The Morgan fingerprint density at radius 3 is 2.88 bits per heavy atom. The Bertz CT molecular complexity index is 526. The van der Waals surface area contributed by atoms with Crippen molar-refractivity contribution in [2.45, 2.75) is 0 Å². The quantitative estimate of drug-likeness (QED) is 0.944. The first kappa shape index (κ1) is 11.1. The fourth-order valence-corrected chi connectivity index (χ4v) is 2.11. The van der Waals surface area contributed by atoms with Crippen molar-refractivity contribution in [1.82, 2.24) is 4.98 Å². The summed E-state index contributed by atoms with van der Waals surface area (Å²) >= 11 is 4.35. The predicted octanol–water partition coefficient (Wildman–Crippen LogP) is 3.40. The van der Waals surface area contributed by atoms with Crippen molar-refractivity contribution >= 4 is 33.2 Å². The van der Waals surface area contributed by atoms with Crippen LogP contribution < -0.4 is 4.74 Å². The van der Waals surface area contributed by atoms with Crippen molar-refractivity contribution in [3.05, 3.63) is 39.9 Å². The van der Waals surface area contributed by atoms with E-state index in [1.54, 1.807) is 24.5 Å². The molecular weight excluding hydrogens is 294 g/mol. The third kappa shape index (κ3) is 2.59. The number of carbonyl (C=O) groups is 1. The summed E-state index contributed by atoms with van der Waals surface area (Å²) in [7, 11) is 0. The number of rotatable bonds is 3. The van der Waals surface area contributed by atoms with Crippen LogP contribution in [-0.4, -0.2) is 16.1 Å². The molecule has 0 amide bonds. The molecule has 4 nitrogen and oxygen atoms in total. The molecule has 0 aliphatic rings. The Labute approximate surface area is 104 Å². The van der Waals surface area contributed by atoms with Crippen LogP contribution in [-0.2, 0) is 0 Å². The molecule has 2 rings (SSSR count). The van der Waals surface area contributed by atoms with Gasteiger partial charge < -0.3 is 9.84 Å². The van der Waals surface area contributed by atoms with Gasteiger partial charge in [0.2, 0.25) is 0 Å². The van der Waals surface area contributed by atoms with Gasteiger partial charge in [-0.3, -0.25) is 4.98 Å². The van der Waals surface area contributed by atoms with Crippen LogP contribution in [0.2, 0.25) is 0 Å². The molecule has 0 aromatic carbocycles. The minimum absolute atomic E-state index is 0.248. The van der Waals surface area contributed by atoms with Gasteiger partial charge in [0.15, 0.2) is 5.06 Å². The zero-order valence-corrected chi connectivity index (χ0v) is 10.3. The molecule has 0 fully saturated rings. The van der Waals surface area contributed by atoms with Gasteiger partial charge in [-0.05, 0) is 34.1 Å². The number of thiophene rings is 1. The number of pyridine rings is 1. The summed E-state index contributed by atoms with van der Waals surface area (Å²) in [5, 5.41) is 9.27. The Morgan fingerprint density at radius 2 is 2.25 bits per heavy atom. The molecule has 0 radical (unpaired) electrons. The van der Waals surface area contributed by atoms with Gasteiger partial charge in [0.1, 0.15) is 10.6 Å². The lowest BCUT2D eigenvalue weighted by Crippen LogP contribution is -1.89. The molecule has 0 spiro atoms. The highest BCUT2D eigenvalue weighted by Crippen LogP contribution is 2.30. The Kier molecular flexibility index (Phi) is 3.21. The van der Waals surface area contributed by atoms with Gasteiger partial charge in [-0.25, -0.2) is 4.79 Å². The maximum Gasteiger partial charge on any atom is 0.345 e. The highest BCUT2D eigenvalue weighted by atomic mass is 79.9. The van der Waals surface area contributed by atoms with E-state index in [0.717, 1.165) is 15.8 Å². The summed E-state index contributed by atoms with van der Waals surface area (Å²) in [6.07, 6.45) is 3.20. The van der Waals surface area contributed by atoms with E-state index in [9.17, 15) is 4.79 Å². The van der Waals surface area contributed by atoms with Gasteiger partial charge in [-0.2, -0.15) is 0 Å². The lowest BCUT2D eigenvalue weighted by molar-refractivity contribution is 0.0702. The van der Waals surface area contributed by atoms with Crippen molar-refractivity contribution < 1.29 is 14.6 Å². The minimum Gasteiger partial charge on any atom is -0.477 e. The number of nitrogens with zero attached hydrogens (tertiary/aromatic N) is 1. The van der Waals surface area contributed by atoms with Gasteiger partial charge in [-0.1, -0.05) is 11.3 Å². The van der Waals surface area contributed by atoms with Crippen LogP contribution in [0.5, 0.6) is 10.8 Å². The Balaban J connectivity index is 2.17. The zero-order chi connectivity index (χ0) is 11.5. The Morgan fingerprint density at radius 1 is 1.44 bits per heavy atom. The third-order valence-electron chi connectivity index (χ3n) is 1.69. The normalized spacial score (nSPS) is 10.1. The van der Waals surface area contributed by atoms with Gasteiger partial charge in [-0.15, -0.1) is 0 Å². The maximum atomic E-state index is 10.7. The van der Waals surface area contributed by atoms with Crippen molar-refractivity contribution in [2.75, 3.05) is 0 Å². The monoisotopic (exact) mass is 299 g/mol. The first-order valence-electron chi connectivity index (χ1n) is 4.26. The molecule has 0 bridgehead atoms. The van der Waals surface area contributed by atoms with Crippen molar-refractivity contribution in [3.63, 3.8) is 0 Å². The number of carboxylic acids is 1. The highest BCUT2D eigenvalue weighted by Gasteiger charge is 2.08. The lowest BCUT2D eigenvalue weighted by Gasteiger charge is -2.01. The first-order chi connectivity index (χ1) is 7.65. The van der Waals surface area contributed by atoms with E-state index in [0.29, 0.717) is 10.8 Å². The standard InChI is InChI=1S/C10H6BrNO3S/c11-6-3-7(5-12-4-6)15-9-2-1-8(16-9)10(13)14/h1-5H,(H,13,14). The van der Waals surface area contributed by atoms with Crippen LogP contribution in [0.15, 0.2) is 35.1 Å². The van der Waals surface area contributed by atoms with E-state index in [-0.39, 0.29) is 4.88 Å². The molecule has 0 unspecified atom stereocenters. The average molecular weight is 300 g/mol. The van der Waals surface area contributed by atoms with E-state index in [4.69, 9.17) is 9.84 Å². The summed E-state index contributed by atoms with van der Waals surface area (Å²) in [6, 6.07) is 4.88. The molecule has 0 aliphatic carbocycles. The molecule has 16 heavy (non-hydrogen) atoms. The molecule has 1 N–H and O–H groups in total. The third-order valence-corrected chi connectivity index (χ3v) is 3.08. The number of hydrogen-bond donors (Lipinski definition) is 1. The van der Waals surface area contributed by atoms with E-state index >= 15 is 0 Å². The summed E-state index contributed by atoms with van der Waals surface area (Å²) in [5.74, 6) is -0.389. The molecule has 2 aromatic rings. The van der Waals surface area contributed by atoms with Gasteiger partial charge in [0, 0.05) is 10.7 Å². The smallest absolute Gasteiger partial charge is 0.345 e. The van der Waals surface area contributed by atoms with Gasteiger partial charge in [0.25, 0.3) is 0 Å². The first-order valence-corrected chi connectivity index (χ1v) is 5.87. The fraction of sp³-hybridized carbons (Fsp3) is 0. The van der Waals surface area contributed by atoms with Crippen LogP contribution in [0, 0.1) is 0 Å². The summed E-state index contributed by atoms with van der Waals surface area (Å²) in [6.45, 7) is 0. The van der Waals surface area contributed by atoms with E-state index < -0.39 is 5.97 Å². The topological polar surface area (TPSA) is 59.4 Å². The second-order valence-electron chi connectivity index (χ2n) is 2.86. The second kappa shape index (κ2) is 4.63. The van der Waals surface area contributed by atoms with Crippen LogP contribution in [0.25, 0.3) is 0 Å². The number of aromatic carboxylic acids is 1. The fourth-order valence-electron chi connectivity index (χ4n) is 1.05. The number of carboxylic acid groups (broad SMARTS) is 1. The summed E-state index contributed by atoms with van der Waals surface area (Å²) < 4.78 is 6.26. The molecule has 2 heterocycles. The van der Waals surface area contributed by atoms with E-state index in [2.05, 4.69) is 20.9 Å². The van der Waals surface area contributed by atoms with Crippen LogP contribution in [0.3, 0.4) is 0 Å². The number of ether oxygens (including phenoxy) is 1. The second-order valence-corrected chi connectivity index (χ2v) is 4.83. The molecule has 0 saturated heterocycles. The van der Waals surface area contributed by atoms with Crippen LogP contribution in [0.4, 0.5) is 0 Å². The summed E-state index contributed by atoms with van der Waals surface area (Å²) in [4.78, 5) is 14.8. The molecule has 2 aromatic heterocycles. The minimum atomic E-state index is -0.952. The van der Waals surface area contributed by atoms with E-state index in [1.165, 1.54) is 6.07 Å². The van der Waals surface area contributed by atoms with Crippen molar-refractivity contribution in [3.8, 4) is 10.8 Å². The van der Waals surface area contributed by atoms with E-state index in [1.807, 2.05) is 0 Å². The maximum absolute atomic E-state index is 10.7. The molecule has 0 saturated carbocycles. The molecule has 6 heteroatoms. The number of hydrogen-bond acceptors (Lipinski definition) is 4. The predicted molar refractivity (Wildman–Crippen MR) is 63.3 cm³/mol. The zero-order valence-electron chi connectivity index (χ0n) is 7.88. The lowest BCUT2D eigenvalue weighted by atomic mass is 10.4. The SMILES string of the molecule is O=C(O)c1ccc(Oc2cncc(Br)c2)s1. The molecule has 0 aliphatic heterocycles. The number of halogens is 1. The molecular formula is C10H6BrNO3S. The molecule has 0 atom stereocenters. The average Bonchev–Trinajstić information content (AvgIpc) is 2.66. The van der Waals surface area contributed by atoms with Gasteiger partial charge >= 0.3 is 5.97 Å². The number of aromatic nitrogens is 1. The van der Waals surface area contributed by atoms with Crippen molar-refractivity contribution in [2.24, 2.45) is 0 Å². The van der Waals surface area contributed by atoms with Crippen molar-refractivity contribution in [1.29, 1.82) is 0 Å². The largest absolute Gasteiger partial charge is 0.477 e. The Hall–Kier alpha value is -1.40. The van der Waals surface area contributed by atoms with Crippen LogP contribution >= 0.6 is 27.3 Å². The highest BCUT2D eigenvalue weighted by molar-refractivity contribution is 9.10.